The van der Waals surface area contributed by atoms with Crippen LogP contribution in [-0.4, -0.2) is 21.9 Å². The van der Waals surface area contributed by atoms with Crippen molar-refractivity contribution in [1.82, 2.24) is 10.3 Å². The monoisotopic (exact) mass is 290 g/mol. The third-order valence-corrected chi connectivity index (χ3v) is 3.47. The van der Waals surface area contributed by atoms with Crippen LogP contribution in [0.25, 0.3) is 0 Å². The molecule has 0 saturated carbocycles. The molecule has 0 atom stereocenters. The van der Waals surface area contributed by atoms with Crippen LogP contribution in [0, 0.1) is 6.92 Å². The number of amides is 1. The normalized spacial score (nSPS) is 11.3. The van der Waals surface area contributed by atoms with E-state index in [-0.39, 0.29) is 11.7 Å². The number of thiazole rings is 1. The predicted molar refractivity (Wildman–Crippen MR) is 77.0 cm³/mol. The Morgan fingerprint density at radius 2 is 2.05 bits per heavy atom. The number of oxime groups is 1. The summed E-state index contributed by atoms with van der Waals surface area (Å²) in [6, 6.07) is 6.48. The molecule has 1 aromatic carbocycles. The van der Waals surface area contributed by atoms with E-state index in [2.05, 4.69) is 15.5 Å². The van der Waals surface area contributed by atoms with Gasteiger partial charge in [-0.3, -0.25) is 4.79 Å². The number of nitrogens with one attached hydrogen (secondary N) is 1. The van der Waals surface area contributed by atoms with Crippen LogP contribution >= 0.6 is 11.3 Å². The highest BCUT2D eigenvalue weighted by molar-refractivity contribution is 7.09. The molecular weight excluding hydrogens is 276 g/mol. The highest BCUT2D eigenvalue weighted by atomic mass is 32.1. The molecule has 1 aromatic heterocycles. The Bertz CT molecular complexity index is 634. The second kappa shape index (κ2) is 6.16. The lowest BCUT2D eigenvalue weighted by atomic mass is 10.1. The smallest absolute Gasteiger partial charge is 0.251 e. The van der Waals surface area contributed by atoms with Gasteiger partial charge in [-0.05, 0) is 19.1 Å². The molecule has 0 fully saturated rings. The molecule has 1 heterocycles. The van der Waals surface area contributed by atoms with Gasteiger partial charge in [0.15, 0.2) is 5.84 Å². The van der Waals surface area contributed by atoms with E-state index in [1.807, 2.05) is 12.3 Å². The number of carbonyl (C=O) groups excluding carboxylic acids is 1. The van der Waals surface area contributed by atoms with Crippen LogP contribution in [-0.2, 0) is 6.54 Å². The van der Waals surface area contributed by atoms with E-state index in [9.17, 15) is 4.79 Å². The molecule has 104 valence electrons. The molecule has 0 aliphatic carbocycles. The van der Waals surface area contributed by atoms with E-state index in [1.54, 1.807) is 35.6 Å². The Labute approximate surface area is 120 Å². The minimum absolute atomic E-state index is 0.00917. The number of aryl methyl sites for hydroxylation is 1. The zero-order valence-corrected chi connectivity index (χ0v) is 11.6. The van der Waals surface area contributed by atoms with Crippen molar-refractivity contribution in [2.45, 2.75) is 13.5 Å². The van der Waals surface area contributed by atoms with Crippen molar-refractivity contribution in [3.63, 3.8) is 0 Å². The van der Waals surface area contributed by atoms with Gasteiger partial charge >= 0.3 is 0 Å². The molecule has 20 heavy (non-hydrogen) atoms. The Morgan fingerprint density at radius 1 is 1.40 bits per heavy atom. The molecule has 0 aliphatic heterocycles. The van der Waals surface area contributed by atoms with Gasteiger partial charge in [-0.25, -0.2) is 4.98 Å². The lowest BCUT2D eigenvalue weighted by Gasteiger charge is -2.04. The maximum atomic E-state index is 11.9. The number of amidine groups is 1. The molecule has 2 aromatic rings. The summed E-state index contributed by atoms with van der Waals surface area (Å²) in [5.41, 5.74) is 7.35. The largest absolute Gasteiger partial charge is 0.409 e. The minimum atomic E-state index is -0.193. The molecule has 6 nitrogen and oxygen atoms in total. The number of benzene rings is 1. The first kappa shape index (κ1) is 14.0. The van der Waals surface area contributed by atoms with Gasteiger partial charge in [0.1, 0.15) is 0 Å². The zero-order valence-electron chi connectivity index (χ0n) is 10.8. The first-order valence-corrected chi connectivity index (χ1v) is 6.75. The second-order valence-corrected chi connectivity index (χ2v) is 5.17. The summed E-state index contributed by atoms with van der Waals surface area (Å²) >= 11 is 1.55. The fourth-order valence-electron chi connectivity index (χ4n) is 1.61. The first-order chi connectivity index (χ1) is 9.60. The van der Waals surface area contributed by atoms with Crippen molar-refractivity contribution in [3.8, 4) is 0 Å². The van der Waals surface area contributed by atoms with Crippen molar-refractivity contribution in [1.29, 1.82) is 0 Å². The highest BCUT2D eigenvalue weighted by Gasteiger charge is 2.07. The van der Waals surface area contributed by atoms with E-state index in [1.165, 1.54) is 0 Å². The molecule has 0 spiro atoms. The van der Waals surface area contributed by atoms with Crippen LogP contribution in [0.15, 0.2) is 34.8 Å². The Kier molecular flexibility index (Phi) is 4.31. The Morgan fingerprint density at radius 3 is 2.60 bits per heavy atom. The lowest BCUT2D eigenvalue weighted by Crippen LogP contribution is -2.23. The van der Waals surface area contributed by atoms with Crippen molar-refractivity contribution in [2.24, 2.45) is 10.9 Å². The third-order valence-electron chi connectivity index (χ3n) is 2.65. The molecule has 0 unspecified atom stereocenters. The van der Waals surface area contributed by atoms with Crippen molar-refractivity contribution in [2.75, 3.05) is 0 Å². The Balaban J connectivity index is 1.99. The van der Waals surface area contributed by atoms with Gasteiger partial charge in [-0.2, -0.15) is 0 Å². The highest BCUT2D eigenvalue weighted by Crippen LogP contribution is 2.08. The van der Waals surface area contributed by atoms with Crippen LogP contribution in [0.4, 0.5) is 0 Å². The SMILES string of the molecule is Cc1nc(CNC(=O)c2ccc(C(N)=NO)cc2)cs1. The molecule has 2 rings (SSSR count). The van der Waals surface area contributed by atoms with Crippen LogP contribution in [0.1, 0.15) is 26.6 Å². The molecule has 0 bridgehead atoms. The standard InChI is InChI=1S/C13H14N4O2S/c1-8-16-11(7-20-8)6-15-13(18)10-4-2-9(3-5-10)12(14)17-19/h2-5,7,19H,6H2,1H3,(H2,14,17)(H,15,18). The van der Waals surface area contributed by atoms with Crippen LogP contribution in [0.3, 0.4) is 0 Å². The molecule has 0 aliphatic rings. The van der Waals surface area contributed by atoms with Gasteiger partial charge in [-0.15, -0.1) is 11.3 Å². The van der Waals surface area contributed by atoms with Crippen molar-refractivity contribution in [3.05, 3.63) is 51.5 Å². The maximum absolute atomic E-state index is 11.9. The van der Waals surface area contributed by atoms with Crippen molar-refractivity contribution >= 4 is 23.1 Å². The Hall–Kier alpha value is -2.41. The van der Waals surface area contributed by atoms with E-state index < -0.39 is 0 Å². The van der Waals surface area contributed by atoms with Gasteiger partial charge in [-0.1, -0.05) is 17.3 Å². The first-order valence-electron chi connectivity index (χ1n) is 5.87. The average molecular weight is 290 g/mol. The van der Waals surface area contributed by atoms with Gasteiger partial charge in [0.2, 0.25) is 0 Å². The maximum Gasteiger partial charge on any atom is 0.251 e. The quantitative estimate of drug-likeness (QED) is 0.343. The zero-order chi connectivity index (χ0) is 14.5. The van der Waals surface area contributed by atoms with Crippen LogP contribution in [0.2, 0.25) is 0 Å². The van der Waals surface area contributed by atoms with Gasteiger partial charge in [0, 0.05) is 16.5 Å². The molecular formula is C13H14N4O2S. The van der Waals surface area contributed by atoms with E-state index in [0.29, 0.717) is 17.7 Å². The molecule has 0 radical (unpaired) electrons. The van der Waals surface area contributed by atoms with Crippen molar-refractivity contribution < 1.29 is 10.0 Å². The van der Waals surface area contributed by atoms with E-state index >= 15 is 0 Å². The molecule has 0 saturated heterocycles. The number of nitrogens with two attached hydrogens (primary N) is 1. The number of hydrogen-bond donors (Lipinski definition) is 3. The summed E-state index contributed by atoms with van der Waals surface area (Å²) < 4.78 is 0. The fraction of sp³-hybridized carbons (Fsp3) is 0.154. The molecule has 4 N–H and O–H groups in total. The van der Waals surface area contributed by atoms with E-state index in [4.69, 9.17) is 10.9 Å². The number of carbonyl (C=O) groups is 1. The van der Waals surface area contributed by atoms with Gasteiger partial charge < -0.3 is 16.3 Å². The van der Waals surface area contributed by atoms with Crippen LogP contribution < -0.4 is 11.1 Å². The summed E-state index contributed by atoms with van der Waals surface area (Å²) in [7, 11) is 0. The summed E-state index contributed by atoms with van der Waals surface area (Å²) in [6.45, 7) is 2.31. The summed E-state index contributed by atoms with van der Waals surface area (Å²) in [6.07, 6.45) is 0. The predicted octanol–water partition coefficient (Wildman–Crippen LogP) is 1.48. The number of rotatable bonds is 4. The number of nitrogens with zero attached hydrogens (tertiary/aromatic N) is 2. The minimum Gasteiger partial charge on any atom is -0.409 e. The summed E-state index contributed by atoms with van der Waals surface area (Å²) in [4.78, 5) is 16.2. The van der Waals surface area contributed by atoms with E-state index in [0.717, 1.165) is 10.7 Å². The molecule has 1 amide bonds. The average Bonchev–Trinajstić information content (AvgIpc) is 2.89. The summed E-state index contributed by atoms with van der Waals surface area (Å²) in [5.74, 6) is -0.184. The number of aromatic nitrogens is 1. The van der Waals surface area contributed by atoms with Crippen LogP contribution in [0.5, 0.6) is 0 Å². The number of hydrogen-bond acceptors (Lipinski definition) is 5. The second-order valence-electron chi connectivity index (χ2n) is 4.10. The fourth-order valence-corrected chi connectivity index (χ4v) is 2.23. The van der Waals surface area contributed by atoms with Gasteiger partial charge in [0.05, 0.1) is 17.2 Å². The summed E-state index contributed by atoms with van der Waals surface area (Å²) in [5, 5.41) is 17.1. The molecule has 7 heteroatoms. The topological polar surface area (TPSA) is 101 Å². The lowest BCUT2D eigenvalue weighted by molar-refractivity contribution is 0.0950. The third kappa shape index (κ3) is 3.33. The van der Waals surface area contributed by atoms with Gasteiger partial charge in [0.25, 0.3) is 5.91 Å².